The minimum absolute atomic E-state index is 0.268. The zero-order valence-corrected chi connectivity index (χ0v) is 13.5. The number of ether oxygens (including phenoxy) is 2. The maximum atomic E-state index is 6.20. The van der Waals surface area contributed by atoms with E-state index in [0.717, 1.165) is 32.2 Å². The van der Waals surface area contributed by atoms with E-state index in [1.165, 1.54) is 36.3 Å². The second-order valence-corrected chi connectivity index (χ2v) is 7.59. The molecule has 2 saturated heterocycles. The van der Waals surface area contributed by atoms with Crippen LogP contribution >= 0.6 is 11.3 Å². The fraction of sp³-hybridized carbons (Fsp3) is 0.812. The number of nitrogens with zero attached hydrogens (tertiary/aromatic N) is 2. The van der Waals surface area contributed by atoms with E-state index in [1.54, 1.807) is 11.3 Å². The number of hydrogen-bond acceptors (Lipinski definition) is 5. The molecule has 0 spiro atoms. The summed E-state index contributed by atoms with van der Waals surface area (Å²) < 4.78 is 12.3. The number of aryl methyl sites for hydroxylation is 1. The van der Waals surface area contributed by atoms with Crippen LogP contribution in [0.3, 0.4) is 0 Å². The van der Waals surface area contributed by atoms with E-state index in [0.29, 0.717) is 6.04 Å². The molecule has 0 aromatic carbocycles. The molecular weight excluding hydrogens is 284 g/mol. The normalized spacial score (nSPS) is 33.3. The van der Waals surface area contributed by atoms with Crippen LogP contribution in [0.5, 0.6) is 0 Å². The number of fused-ring (bicyclic) bond motifs is 1. The molecule has 1 aliphatic carbocycles. The van der Waals surface area contributed by atoms with E-state index in [9.17, 15) is 0 Å². The lowest BCUT2D eigenvalue weighted by molar-refractivity contribution is -0.0791. The van der Waals surface area contributed by atoms with Crippen molar-refractivity contribution in [3.63, 3.8) is 0 Å². The Hall–Kier alpha value is -0.490. The first-order chi connectivity index (χ1) is 10.3. The van der Waals surface area contributed by atoms with Crippen LogP contribution in [-0.2, 0) is 16.0 Å². The Balaban J connectivity index is 1.44. The van der Waals surface area contributed by atoms with Gasteiger partial charge in [0.15, 0.2) is 0 Å². The molecule has 3 aliphatic rings. The van der Waals surface area contributed by atoms with Crippen LogP contribution in [0.15, 0.2) is 5.51 Å². The summed E-state index contributed by atoms with van der Waals surface area (Å²) in [6.07, 6.45) is 5.67. The van der Waals surface area contributed by atoms with Crippen molar-refractivity contribution in [3.8, 4) is 0 Å². The first-order valence-electron chi connectivity index (χ1n) is 8.17. The largest absolute Gasteiger partial charge is 0.374 e. The second kappa shape index (κ2) is 5.95. The molecule has 1 aromatic heterocycles. The second-order valence-electron chi connectivity index (χ2n) is 6.65. The van der Waals surface area contributed by atoms with E-state index in [-0.39, 0.29) is 12.2 Å². The summed E-state index contributed by atoms with van der Waals surface area (Å²) >= 11 is 1.77. The van der Waals surface area contributed by atoms with E-state index < -0.39 is 0 Å². The van der Waals surface area contributed by atoms with Crippen LogP contribution in [-0.4, -0.2) is 47.9 Å². The summed E-state index contributed by atoms with van der Waals surface area (Å²) in [6.45, 7) is 5.96. The highest BCUT2D eigenvalue weighted by Crippen LogP contribution is 2.35. The summed E-state index contributed by atoms with van der Waals surface area (Å²) in [4.78, 5) is 8.34. The summed E-state index contributed by atoms with van der Waals surface area (Å²) in [7, 11) is 0. The molecule has 0 N–H and O–H groups in total. The van der Waals surface area contributed by atoms with Gasteiger partial charge in [-0.2, -0.15) is 0 Å². The van der Waals surface area contributed by atoms with Crippen LogP contribution in [0.1, 0.15) is 36.3 Å². The van der Waals surface area contributed by atoms with Crippen molar-refractivity contribution in [1.82, 2.24) is 9.88 Å². The number of aromatic nitrogens is 1. The summed E-state index contributed by atoms with van der Waals surface area (Å²) in [5.74, 6) is 0.824. The molecule has 3 heterocycles. The summed E-state index contributed by atoms with van der Waals surface area (Å²) in [6, 6.07) is 0.532. The Labute approximate surface area is 130 Å². The first-order valence-corrected chi connectivity index (χ1v) is 9.05. The molecule has 1 saturated carbocycles. The topological polar surface area (TPSA) is 34.6 Å². The van der Waals surface area contributed by atoms with Gasteiger partial charge < -0.3 is 9.47 Å². The summed E-state index contributed by atoms with van der Waals surface area (Å²) in [5, 5.41) is 0. The predicted molar refractivity (Wildman–Crippen MR) is 82.5 cm³/mol. The maximum absolute atomic E-state index is 6.20. The molecule has 1 aromatic rings. The van der Waals surface area contributed by atoms with Crippen molar-refractivity contribution < 1.29 is 9.47 Å². The Morgan fingerprint density at radius 3 is 3.10 bits per heavy atom. The van der Waals surface area contributed by atoms with Gasteiger partial charge in [0.05, 0.1) is 17.3 Å². The molecular formula is C16H24N2O2S. The van der Waals surface area contributed by atoms with Gasteiger partial charge in [-0.15, -0.1) is 11.3 Å². The number of likely N-dealkylation sites (tertiary alicyclic amines) is 1. The molecule has 5 heteroatoms. The third-order valence-corrected chi connectivity index (χ3v) is 5.94. The molecule has 3 fully saturated rings. The van der Waals surface area contributed by atoms with Crippen molar-refractivity contribution in [2.75, 3.05) is 19.8 Å². The molecule has 0 unspecified atom stereocenters. The number of thiazole rings is 1. The molecule has 0 amide bonds. The van der Waals surface area contributed by atoms with Crippen LogP contribution in [0.2, 0.25) is 0 Å². The third-order valence-electron chi connectivity index (χ3n) is 5.02. The fourth-order valence-corrected chi connectivity index (χ4v) is 4.34. The lowest BCUT2D eigenvalue weighted by atomic mass is 10.0. The Kier molecular flexibility index (Phi) is 4.00. The highest BCUT2D eigenvalue weighted by Gasteiger charge is 2.45. The minimum atomic E-state index is 0.268. The van der Waals surface area contributed by atoms with E-state index in [1.807, 2.05) is 5.51 Å². The molecule has 3 atom stereocenters. The SMILES string of the molecule is Cc1ncsc1CN1C[C@@H](OCC2CC2)[C@H]2OCCC[C@H]21. The van der Waals surface area contributed by atoms with Gasteiger partial charge in [0.25, 0.3) is 0 Å². The molecule has 4 rings (SSSR count). The molecule has 4 nitrogen and oxygen atoms in total. The Morgan fingerprint density at radius 1 is 1.43 bits per heavy atom. The van der Waals surface area contributed by atoms with Crippen LogP contribution < -0.4 is 0 Å². The van der Waals surface area contributed by atoms with Gasteiger partial charge in [-0.25, -0.2) is 4.98 Å². The average molecular weight is 308 g/mol. The quantitative estimate of drug-likeness (QED) is 0.837. The smallest absolute Gasteiger partial charge is 0.100 e. The monoisotopic (exact) mass is 308 g/mol. The highest BCUT2D eigenvalue weighted by molar-refractivity contribution is 7.09. The predicted octanol–water partition coefficient (Wildman–Crippen LogP) is 2.61. The van der Waals surface area contributed by atoms with E-state index >= 15 is 0 Å². The van der Waals surface area contributed by atoms with Crippen LogP contribution in [0.25, 0.3) is 0 Å². The van der Waals surface area contributed by atoms with Crippen molar-refractivity contribution in [2.45, 2.75) is 57.4 Å². The van der Waals surface area contributed by atoms with Crippen molar-refractivity contribution in [3.05, 3.63) is 16.1 Å². The minimum Gasteiger partial charge on any atom is -0.374 e. The van der Waals surface area contributed by atoms with Gasteiger partial charge in [0.1, 0.15) is 6.10 Å². The van der Waals surface area contributed by atoms with Crippen LogP contribution in [0.4, 0.5) is 0 Å². The van der Waals surface area contributed by atoms with Gasteiger partial charge in [0.2, 0.25) is 0 Å². The fourth-order valence-electron chi connectivity index (χ4n) is 3.54. The van der Waals surface area contributed by atoms with Crippen molar-refractivity contribution >= 4 is 11.3 Å². The molecule has 116 valence electrons. The standard InChI is InChI=1S/C16H24N2O2S/c1-11-15(21-10-17-11)8-18-7-14(20-9-12-4-5-12)16-13(18)3-2-6-19-16/h10,12-14,16H,2-9H2,1H3/t13-,14-,16+/m1/s1. The molecule has 0 bridgehead atoms. The lowest BCUT2D eigenvalue weighted by Gasteiger charge is -2.32. The lowest BCUT2D eigenvalue weighted by Crippen LogP contribution is -2.41. The number of rotatable bonds is 5. The van der Waals surface area contributed by atoms with Gasteiger partial charge in [-0.3, -0.25) is 4.90 Å². The van der Waals surface area contributed by atoms with Crippen LogP contribution in [0, 0.1) is 12.8 Å². The van der Waals surface area contributed by atoms with E-state index in [2.05, 4.69) is 16.8 Å². The first kappa shape index (κ1) is 14.1. The zero-order valence-electron chi connectivity index (χ0n) is 12.7. The summed E-state index contributed by atoms with van der Waals surface area (Å²) in [5.41, 5.74) is 3.13. The Morgan fingerprint density at radius 2 is 2.33 bits per heavy atom. The van der Waals surface area contributed by atoms with E-state index in [4.69, 9.17) is 9.47 Å². The van der Waals surface area contributed by atoms with Gasteiger partial charge >= 0.3 is 0 Å². The van der Waals surface area contributed by atoms with Crippen molar-refractivity contribution in [2.24, 2.45) is 5.92 Å². The zero-order chi connectivity index (χ0) is 14.2. The van der Waals surface area contributed by atoms with Gasteiger partial charge in [-0.05, 0) is 38.5 Å². The highest BCUT2D eigenvalue weighted by atomic mass is 32.1. The number of hydrogen-bond donors (Lipinski definition) is 0. The van der Waals surface area contributed by atoms with Gasteiger partial charge in [0, 0.05) is 37.2 Å². The average Bonchev–Trinajstić information content (AvgIpc) is 3.16. The van der Waals surface area contributed by atoms with Crippen molar-refractivity contribution in [1.29, 1.82) is 0 Å². The Bertz CT molecular complexity index is 488. The molecule has 21 heavy (non-hydrogen) atoms. The molecule has 2 aliphatic heterocycles. The third kappa shape index (κ3) is 3.02. The molecule has 0 radical (unpaired) electrons. The maximum Gasteiger partial charge on any atom is 0.100 e. The van der Waals surface area contributed by atoms with Gasteiger partial charge in [-0.1, -0.05) is 0 Å².